The molecule has 0 aliphatic rings. The minimum atomic E-state index is -5.00. The number of nitrogens with zero attached hydrogens (tertiary/aromatic N) is 1. The first-order chi connectivity index (χ1) is 8.16. The van der Waals surface area contributed by atoms with E-state index < -0.39 is 29.5 Å². The molecule has 1 rings (SSSR count). The van der Waals surface area contributed by atoms with Crippen LogP contribution in [0.4, 0.5) is 26.3 Å². The molecule has 0 unspecified atom stereocenters. The Morgan fingerprint density at radius 1 is 1.06 bits per heavy atom. The van der Waals surface area contributed by atoms with Gasteiger partial charge in [-0.1, -0.05) is 6.92 Å². The van der Waals surface area contributed by atoms with E-state index in [4.69, 9.17) is 4.74 Å². The van der Waals surface area contributed by atoms with Crippen molar-refractivity contribution in [3.8, 4) is 5.75 Å². The number of rotatable bonds is 3. The molecule has 2 nitrogen and oxygen atoms in total. The molecule has 0 radical (unpaired) electrons. The lowest BCUT2D eigenvalue weighted by atomic mass is 10.2. The van der Waals surface area contributed by atoms with Crippen molar-refractivity contribution in [1.29, 1.82) is 0 Å². The number of hydrogen-bond donors (Lipinski definition) is 0. The van der Waals surface area contributed by atoms with Crippen molar-refractivity contribution in [2.24, 2.45) is 0 Å². The number of halogens is 6. The van der Waals surface area contributed by atoms with Gasteiger partial charge in [0.1, 0.15) is 11.4 Å². The second-order valence-electron chi connectivity index (χ2n) is 3.39. The second-order valence-corrected chi connectivity index (χ2v) is 3.39. The fraction of sp³-hybridized carbons (Fsp3) is 0.500. The fourth-order valence-electron chi connectivity index (χ4n) is 1.14. The number of pyridine rings is 1. The van der Waals surface area contributed by atoms with Gasteiger partial charge < -0.3 is 4.74 Å². The van der Waals surface area contributed by atoms with Crippen LogP contribution in [0.3, 0.4) is 0 Å². The quantitative estimate of drug-likeness (QED) is 0.779. The van der Waals surface area contributed by atoms with Gasteiger partial charge in [0.15, 0.2) is 5.69 Å². The predicted octanol–water partition coefficient (Wildman–Crippen LogP) is 3.91. The van der Waals surface area contributed by atoms with Gasteiger partial charge in [0.05, 0.1) is 6.61 Å². The van der Waals surface area contributed by atoms with Crippen LogP contribution >= 0.6 is 0 Å². The molecule has 0 fully saturated rings. The third-order valence-corrected chi connectivity index (χ3v) is 1.88. The number of hydrogen-bond acceptors (Lipinski definition) is 2. The Bertz CT molecular complexity index is 412. The zero-order valence-corrected chi connectivity index (χ0v) is 9.19. The summed E-state index contributed by atoms with van der Waals surface area (Å²) in [6.45, 7) is 1.63. The van der Waals surface area contributed by atoms with Crippen LogP contribution in [0.5, 0.6) is 5.75 Å². The maximum absolute atomic E-state index is 12.5. The molecule has 0 bridgehead atoms. The van der Waals surface area contributed by atoms with E-state index in [-0.39, 0.29) is 6.61 Å². The summed E-state index contributed by atoms with van der Waals surface area (Å²) in [6.07, 6.45) is -9.49. The lowest BCUT2D eigenvalue weighted by Gasteiger charge is -2.14. The minimum Gasteiger partial charge on any atom is -0.491 e. The third-order valence-electron chi connectivity index (χ3n) is 1.88. The van der Waals surface area contributed by atoms with Gasteiger partial charge in [-0.15, -0.1) is 0 Å². The molecule has 0 aliphatic carbocycles. The molecule has 0 N–H and O–H groups in total. The Kier molecular flexibility index (Phi) is 4.08. The van der Waals surface area contributed by atoms with Crippen molar-refractivity contribution in [1.82, 2.24) is 4.98 Å². The molecule has 1 heterocycles. The van der Waals surface area contributed by atoms with Crippen molar-refractivity contribution in [2.45, 2.75) is 25.7 Å². The smallest absolute Gasteiger partial charge is 0.437 e. The molecule has 0 saturated heterocycles. The molecule has 18 heavy (non-hydrogen) atoms. The van der Waals surface area contributed by atoms with Crippen LogP contribution in [0.15, 0.2) is 12.1 Å². The van der Waals surface area contributed by atoms with Gasteiger partial charge in [0, 0.05) is 0 Å². The number of aromatic nitrogens is 1. The highest BCUT2D eigenvalue weighted by Crippen LogP contribution is 2.37. The average Bonchev–Trinajstić information content (AvgIpc) is 2.23. The molecule has 0 saturated carbocycles. The Morgan fingerprint density at radius 3 is 2.11 bits per heavy atom. The summed E-state index contributed by atoms with van der Waals surface area (Å²) in [5.74, 6) is -0.697. The molecule has 0 atom stereocenters. The summed E-state index contributed by atoms with van der Waals surface area (Å²) in [6, 6.07) is 1.09. The summed E-state index contributed by atoms with van der Waals surface area (Å²) in [5, 5.41) is 0. The van der Waals surface area contributed by atoms with Gasteiger partial charge in [-0.05, 0) is 18.6 Å². The molecule has 0 aromatic carbocycles. The van der Waals surface area contributed by atoms with Crippen molar-refractivity contribution < 1.29 is 31.1 Å². The summed E-state index contributed by atoms with van der Waals surface area (Å²) in [4.78, 5) is 2.59. The molecule has 0 spiro atoms. The van der Waals surface area contributed by atoms with E-state index in [0.29, 0.717) is 18.6 Å². The van der Waals surface area contributed by atoms with Crippen LogP contribution < -0.4 is 4.74 Å². The average molecular weight is 273 g/mol. The topological polar surface area (TPSA) is 22.1 Å². The largest absolute Gasteiger partial charge is 0.491 e. The molecule has 1 aromatic rings. The molecule has 8 heteroatoms. The maximum Gasteiger partial charge on any atom is 0.437 e. The van der Waals surface area contributed by atoms with E-state index in [1.807, 2.05) is 0 Å². The summed E-state index contributed by atoms with van der Waals surface area (Å²) in [5.41, 5.74) is -3.26. The van der Waals surface area contributed by atoms with Crippen LogP contribution in [0.1, 0.15) is 24.7 Å². The molecule has 1 aromatic heterocycles. The van der Waals surface area contributed by atoms with E-state index in [9.17, 15) is 26.3 Å². The molecule has 0 amide bonds. The standard InChI is InChI=1S/C10H9F6NO/c1-2-5-18-6-3-4-7(9(11,12)13)17-8(6)10(14,15)16/h3-4H,2,5H2,1H3. The Hall–Kier alpha value is -1.47. The lowest BCUT2D eigenvalue weighted by Crippen LogP contribution is -2.16. The zero-order chi connectivity index (χ0) is 14.0. The summed E-state index contributed by atoms with van der Waals surface area (Å²) in [7, 11) is 0. The van der Waals surface area contributed by atoms with E-state index in [1.54, 1.807) is 6.92 Å². The normalized spacial score (nSPS) is 12.6. The SMILES string of the molecule is CCCOc1ccc(C(F)(F)F)nc1C(F)(F)F. The Balaban J connectivity index is 3.21. The van der Waals surface area contributed by atoms with Gasteiger partial charge in [0.2, 0.25) is 0 Å². The van der Waals surface area contributed by atoms with Crippen LogP contribution in [0.2, 0.25) is 0 Å². The van der Waals surface area contributed by atoms with Crippen molar-refractivity contribution in [2.75, 3.05) is 6.61 Å². The first-order valence-electron chi connectivity index (χ1n) is 4.94. The molecular weight excluding hydrogens is 264 g/mol. The van der Waals surface area contributed by atoms with Gasteiger partial charge in [0.25, 0.3) is 0 Å². The lowest BCUT2D eigenvalue weighted by molar-refractivity contribution is -0.151. The second kappa shape index (κ2) is 5.03. The zero-order valence-electron chi connectivity index (χ0n) is 9.19. The van der Waals surface area contributed by atoms with Crippen LogP contribution in [-0.2, 0) is 12.4 Å². The Morgan fingerprint density at radius 2 is 1.67 bits per heavy atom. The van der Waals surface area contributed by atoms with Crippen molar-refractivity contribution in [3.05, 3.63) is 23.5 Å². The van der Waals surface area contributed by atoms with Gasteiger partial charge >= 0.3 is 12.4 Å². The van der Waals surface area contributed by atoms with Crippen LogP contribution in [0.25, 0.3) is 0 Å². The summed E-state index contributed by atoms with van der Waals surface area (Å²) >= 11 is 0. The summed E-state index contributed by atoms with van der Waals surface area (Å²) < 4.78 is 79.1. The maximum atomic E-state index is 12.5. The monoisotopic (exact) mass is 273 g/mol. The van der Waals surface area contributed by atoms with Gasteiger partial charge in [-0.25, -0.2) is 4.98 Å². The first kappa shape index (κ1) is 14.6. The highest BCUT2D eigenvalue weighted by atomic mass is 19.4. The third kappa shape index (κ3) is 3.51. The van der Waals surface area contributed by atoms with Crippen molar-refractivity contribution >= 4 is 0 Å². The fourth-order valence-corrected chi connectivity index (χ4v) is 1.14. The van der Waals surface area contributed by atoms with E-state index in [0.717, 1.165) is 0 Å². The predicted molar refractivity (Wildman–Crippen MR) is 50.0 cm³/mol. The highest BCUT2D eigenvalue weighted by Gasteiger charge is 2.40. The first-order valence-corrected chi connectivity index (χ1v) is 4.94. The van der Waals surface area contributed by atoms with E-state index >= 15 is 0 Å². The van der Waals surface area contributed by atoms with Crippen LogP contribution in [-0.4, -0.2) is 11.6 Å². The van der Waals surface area contributed by atoms with Gasteiger partial charge in [-0.3, -0.25) is 0 Å². The van der Waals surface area contributed by atoms with Crippen molar-refractivity contribution in [3.63, 3.8) is 0 Å². The Labute approximate surface area is 98.6 Å². The van der Waals surface area contributed by atoms with E-state index in [1.165, 1.54) is 0 Å². The van der Waals surface area contributed by atoms with Crippen LogP contribution in [0, 0.1) is 0 Å². The highest BCUT2D eigenvalue weighted by molar-refractivity contribution is 5.32. The van der Waals surface area contributed by atoms with Gasteiger partial charge in [-0.2, -0.15) is 26.3 Å². The molecule has 0 aliphatic heterocycles. The number of alkyl halides is 6. The molecular formula is C10H9F6NO. The van der Waals surface area contributed by atoms with E-state index in [2.05, 4.69) is 4.98 Å². The number of ether oxygens (including phenoxy) is 1. The molecule has 102 valence electrons. The minimum absolute atomic E-state index is 0.0316.